The van der Waals surface area contributed by atoms with Gasteiger partial charge in [-0.3, -0.25) is 9.59 Å². The van der Waals surface area contributed by atoms with E-state index in [2.05, 4.69) is 71.7 Å². The Kier molecular flexibility index (Phi) is 7.09. The first-order valence-corrected chi connectivity index (χ1v) is 11.1. The van der Waals surface area contributed by atoms with Crippen molar-refractivity contribution in [2.24, 2.45) is 0 Å². The van der Waals surface area contributed by atoms with Crippen molar-refractivity contribution < 1.29 is 9.59 Å². The molecule has 0 spiro atoms. The molecule has 0 aliphatic heterocycles. The van der Waals surface area contributed by atoms with Gasteiger partial charge in [0.15, 0.2) is 11.6 Å². The fourth-order valence-electron chi connectivity index (χ4n) is 3.60. The van der Waals surface area contributed by atoms with Crippen LogP contribution in [0.25, 0.3) is 0 Å². The zero-order valence-electron chi connectivity index (χ0n) is 17.5. The third-order valence-electron chi connectivity index (χ3n) is 5.57. The van der Waals surface area contributed by atoms with Crippen LogP contribution in [0.3, 0.4) is 0 Å². The molecule has 0 amide bonds. The van der Waals surface area contributed by atoms with E-state index in [1.54, 1.807) is 19.9 Å². The van der Waals surface area contributed by atoms with Gasteiger partial charge in [0, 0.05) is 20.1 Å². The third kappa shape index (κ3) is 5.01. The molecule has 28 heavy (non-hydrogen) atoms. The van der Waals surface area contributed by atoms with Crippen LogP contribution >= 0.6 is 31.9 Å². The predicted octanol–water partition coefficient (Wildman–Crippen LogP) is 7.65. The Morgan fingerprint density at radius 2 is 1.21 bits per heavy atom. The highest BCUT2D eigenvalue weighted by atomic mass is 79.9. The highest BCUT2D eigenvalue weighted by molar-refractivity contribution is 9.10. The average Bonchev–Trinajstić information content (AvgIpc) is 2.59. The summed E-state index contributed by atoms with van der Waals surface area (Å²) in [4.78, 5) is 22.5. The topological polar surface area (TPSA) is 34.1 Å². The number of halogens is 2. The molecule has 4 heteroatoms. The van der Waals surface area contributed by atoms with Crippen molar-refractivity contribution in [1.29, 1.82) is 0 Å². The summed E-state index contributed by atoms with van der Waals surface area (Å²) >= 11 is 6.82. The monoisotopic (exact) mass is 506 g/mol. The fraction of sp³-hybridized carbons (Fsp3) is 0.417. The minimum Gasteiger partial charge on any atom is -0.294 e. The van der Waals surface area contributed by atoms with Crippen molar-refractivity contribution in [3.8, 4) is 0 Å². The molecular weight excluding hydrogens is 480 g/mol. The van der Waals surface area contributed by atoms with Gasteiger partial charge >= 0.3 is 0 Å². The van der Waals surface area contributed by atoms with Crippen molar-refractivity contribution >= 4 is 43.4 Å². The third-order valence-corrected chi connectivity index (χ3v) is 6.92. The first-order valence-electron chi connectivity index (χ1n) is 9.48. The van der Waals surface area contributed by atoms with Gasteiger partial charge in [-0.15, -0.1) is 0 Å². The van der Waals surface area contributed by atoms with E-state index in [4.69, 9.17) is 0 Å². The largest absolute Gasteiger partial charge is 0.294 e. The molecule has 3 rings (SSSR count). The van der Waals surface area contributed by atoms with Gasteiger partial charge in [0.2, 0.25) is 0 Å². The summed E-state index contributed by atoms with van der Waals surface area (Å²) in [6, 6.07) is 11.6. The molecule has 0 saturated heterocycles. The van der Waals surface area contributed by atoms with E-state index in [0.717, 1.165) is 20.1 Å². The molecule has 2 aromatic rings. The Bertz CT molecular complexity index is 911. The van der Waals surface area contributed by atoms with Gasteiger partial charge in [-0.25, -0.2) is 0 Å². The molecule has 0 unspecified atom stereocenters. The Hall–Kier alpha value is -1.26. The maximum absolute atomic E-state index is 11.7. The normalized spacial score (nSPS) is 16.4. The summed E-state index contributed by atoms with van der Waals surface area (Å²) in [5.41, 5.74) is 4.63. The van der Waals surface area contributed by atoms with Crippen LogP contribution in [0.4, 0.5) is 0 Å². The quantitative estimate of drug-likeness (QED) is 0.391. The molecular formula is C24H28Br2O2. The molecule has 0 saturated carbocycles. The van der Waals surface area contributed by atoms with Crippen molar-refractivity contribution in [2.75, 3.05) is 0 Å². The average molecular weight is 508 g/mol. The van der Waals surface area contributed by atoms with Gasteiger partial charge in [0.25, 0.3) is 0 Å². The molecule has 150 valence electrons. The van der Waals surface area contributed by atoms with Crippen LogP contribution in [0.5, 0.6) is 0 Å². The second-order valence-corrected chi connectivity index (χ2v) is 10.4. The molecule has 1 aliphatic rings. The van der Waals surface area contributed by atoms with Crippen LogP contribution in [0.2, 0.25) is 0 Å². The van der Waals surface area contributed by atoms with Gasteiger partial charge in [0.05, 0.1) is 0 Å². The Morgan fingerprint density at radius 1 is 0.750 bits per heavy atom. The van der Waals surface area contributed by atoms with Gasteiger partial charge in [-0.2, -0.15) is 0 Å². The zero-order valence-corrected chi connectivity index (χ0v) is 20.6. The van der Waals surface area contributed by atoms with Crippen molar-refractivity contribution in [3.63, 3.8) is 0 Å². The highest BCUT2D eigenvalue weighted by Crippen LogP contribution is 2.47. The smallest absolute Gasteiger partial charge is 0.160 e. The number of benzene rings is 2. The summed E-state index contributed by atoms with van der Waals surface area (Å²) in [6.45, 7) is 12.3. The van der Waals surface area contributed by atoms with E-state index in [0.29, 0.717) is 0 Å². The van der Waals surface area contributed by atoms with Crippen LogP contribution in [-0.2, 0) is 10.8 Å². The number of hydrogen-bond donors (Lipinski definition) is 0. The lowest BCUT2D eigenvalue weighted by atomic mass is 9.63. The summed E-state index contributed by atoms with van der Waals surface area (Å²) in [5, 5.41) is 0. The van der Waals surface area contributed by atoms with Crippen LogP contribution in [0.1, 0.15) is 86.2 Å². The summed E-state index contributed by atoms with van der Waals surface area (Å²) < 4.78 is 1.79. The highest BCUT2D eigenvalue weighted by Gasteiger charge is 2.37. The van der Waals surface area contributed by atoms with Crippen LogP contribution < -0.4 is 0 Å². The van der Waals surface area contributed by atoms with Gasteiger partial charge in [-0.1, -0.05) is 77.8 Å². The lowest BCUT2D eigenvalue weighted by Crippen LogP contribution is -2.34. The molecule has 0 radical (unpaired) electrons. The number of Topliss-reactive ketones (excluding diaryl/α,β-unsaturated/α-hetero) is 2. The van der Waals surface area contributed by atoms with Crippen LogP contribution in [-0.4, -0.2) is 11.6 Å². The SMILES string of the molecule is CC(=O)c1cc2c(cc1Br)C(C)(C)CCC2(C)C.CC(=O)c1ccccc1Br. The van der Waals surface area contributed by atoms with E-state index in [-0.39, 0.29) is 22.4 Å². The number of fused-ring (bicyclic) bond motifs is 1. The van der Waals surface area contributed by atoms with Crippen LogP contribution in [0, 0.1) is 0 Å². The lowest BCUT2D eigenvalue weighted by Gasteiger charge is -2.42. The molecule has 2 aromatic carbocycles. The Morgan fingerprint density at radius 3 is 1.64 bits per heavy atom. The molecule has 1 aliphatic carbocycles. The standard InChI is InChI=1S/C16H21BrO.C8H7BrO/c1-10(18)11-8-12-13(9-14(11)17)16(4,5)7-6-15(12,2)3;1-6(10)7-4-2-3-5-8(7)9/h8-9H,6-7H2,1-5H3;2-5H,1H3. The van der Waals surface area contributed by atoms with E-state index >= 15 is 0 Å². The first-order chi connectivity index (χ1) is 12.9. The van der Waals surface area contributed by atoms with E-state index in [9.17, 15) is 9.59 Å². The first kappa shape index (κ1) is 23.0. The summed E-state index contributed by atoms with van der Waals surface area (Å²) in [6.07, 6.45) is 2.37. The van der Waals surface area contributed by atoms with Crippen molar-refractivity contribution in [1.82, 2.24) is 0 Å². The molecule has 0 N–H and O–H groups in total. The minimum absolute atomic E-state index is 0.0903. The summed E-state index contributed by atoms with van der Waals surface area (Å²) in [7, 11) is 0. The molecule has 0 heterocycles. The molecule has 0 fully saturated rings. The van der Waals surface area contributed by atoms with Crippen molar-refractivity contribution in [2.45, 2.75) is 65.2 Å². The number of ketones is 2. The Labute approximate surface area is 185 Å². The second kappa shape index (κ2) is 8.62. The lowest BCUT2D eigenvalue weighted by molar-refractivity contribution is 0.100. The zero-order chi connectivity index (χ0) is 21.3. The van der Waals surface area contributed by atoms with E-state index < -0.39 is 0 Å². The van der Waals surface area contributed by atoms with Gasteiger partial charge in [-0.05, 0) is 66.8 Å². The maximum atomic E-state index is 11.7. The maximum Gasteiger partial charge on any atom is 0.160 e. The predicted molar refractivity (Wildman–Crippen MR) is 124 cm³/mol. The summed E-state index contributed by atoms with van der Waals surface area (Å²) in [5.74, 6) is 0.219. The fourth-order valence-corrected chi connectivity index (χ4v) is 4.79. The van der Waals surface area contributed by atoms with Crippen molar-refractivity contribution in [3.05, 3.63) is 67.6 Å². The molecule has 2 nitrogen and oxygen atoms in total. The van der Waals surface area contributed by atoms with Gasteiger partial charge < -0.3 is 0 Å². The van der Waals surface area contributed by atoms with Gasteiger partial charge in [0.1, 0.15) is 0 Å². The molecule has 0 aromatic heterocycles. The Balaban J connectivity index is 0.000000237. The number of hydrogen-bond acceptors (Lipinski definition) is 2. The number of rotatable bonds is 2. The number of carbonyl (C=O) groups excluding carboxylic acids is 2. The van der Waals surface area contributed by atoms with Crippen LogP contribution in [0.15, 0.2) is 45.3 Å². The number of carbonyl (C=O) groups is 2. The molecule has 0 atom stereocenters. The molecule has 0 bridgehead atoms. The van der Waals surface area contributed by atoms with E-state index in [1.807, 2.05) is 18.2 Å². The minimum atomic E-state index is 0.0903. The van der Waals surface area contributed by atoms with E-state index in [1.165, 1.54) is 24.0 Å². The second-order valence-electron chi connectivity index (χ2n) is 8.74.